The molecule has 1 aromatic heterocycles. The molecule has 126 valence electrons. The number of aromatic nitrogens is 1. The summed E-state index contributed by atoms with van der Waals surface area (Å²) < 4.78 is 0. The van der Waals surface area contributed by atoms with E-state index in [2.05, 4.69) is 4.98 Å². The number of fused-ring (bicyclic) bond motifs is 5. The Morgan fingerprint density at radius 2 is 1.54 bits per heavy atom. The SMILES string of the molecule is Cc1cc2[nH]c3ccccc3c2c2c1C(=O)N(Cc1ccccc1)C2=O. The van der Waals surface area contributed by atoms with E-state index < -0.39 is 0 Å². The largest absolute Gasteiger partial charge is 0.354 e. The molecule has 0 bridgehead atoms. The Hall–Kier alpha value is -3.40. The molecule has 2 amide bonds. The van der Waals surface area contributed by atoms with E-state index >= 15 is 0 Å². The molecule has 0 saturated heterocycles. The second kappa shape index (κ2) is 5.30. The minimum Gasteiger partial charge on any atom is -0.354 e. The van der Waals surface area contributed by atoms with Crippen LogP contribution >= 0.6 is 0 Å². The van der Waals surface area contributed by atoms with Gasteiger partial charge in [0.2, 0.25) is 0 Å². The minimum absolute atomic E-state index is 0.210. The maximum absolute atomic E-state index is 13.2. The lowest BCUT2D eigenvalue weighted by atomic mass is 9.98. The van der Waals surface area contributed by atoms with Crippen LogP contribution in [-0.4, -0.2) is 21.7 Å². The summed E-state index contributed by atoms with van der Waals surface area (Å²) >= 11 is 0. The van der Waals surface area contributed by atoms with E-state index in [1.165, 1.54) is 4.90 Å². The molecular weight excluding hydrogens is 324 g/mol. The molecule has 0 unspecified atom stereocenters. The molecule has 4 heteroatoms. The van der Waals surface area contributed by atoms with Crippen molar-refractivity contribution in [2.24, 2.45) is 0 Å². The Morgan fingerprint density at radius 3 is 2.35 bits per heavy atom. The number of benzene rings is 3. The highest BCUT2D eigenvalue weighted by Crippen LogP contribution is 2.37. The number of carbonyl (C=O) groups excluding carboxylic acids is 2. The molecule has 3 aromatic carbocycles. The van der Waals surface area contributed by atoms with Gasteiger partial charge in [0.1, 0.15) is 0 Å². The fraction of sp³-hybridized carbons (Fsp3) is 0.0909. The number of amides is 2. The second-order valence-corrected chi connectivity index (χ2v) is 6.72. The van der Waals surface area contributed by atoms with Gasteiger partial charge in [-0.3, -0.25) is 14.5 Å². The van der Waals surface area contributed by atoms with E-state index in [4.69, 9.17) is 0 Å². The topological polar surface area (TPSA) is 53.2 Å². The third-order valence-corrected chi connectivity index (χ3v) is 5.09. The van der Waals surface area contributed by atoms with Gasteiger partial charge < -0.3 is 4.98 Å². The molecule has 4 nitrogen and oxygen atoms in total. The van der Waals surface area contributed by atoms with Crippen molar-refractivity contribution in [2.75, 3.05) is 0 Å². The number of hydrogen-bond acceptors (Lipinski definition) is 2. The van der Waals surface area contributed by atoms with Gasteiger partial charge in [-0.15, -0.1) is 0 Å². The summed E-state index contributed by atoms with van der Waals surface area (Å²) in [4.78, 5) is 31.0. The van der Waals surface area contributed by atoms with Crippen LogP contribution in [0.2, 0.25) is 0 Å². The van der Waals surface area contributed by atoms with Gasteiger partial charge in [-0.1, -0.05) is 48.5 Å². The molecule has 4 aromatic rings. The first-order chi connectivity index (χ1) is 12.6. The van der Waals surface area contributed by atoms with Crippen molar-refractivity contribution < 1.29 is 9.59 Å². The molecular formula is C22H16N2O2. The molecule has 0 spiro atoms. The number of nitrogens with one attached hydrogen (secondary N) is 1. The second-order valence-electron chi connectivity index (χ2n) is 6.72. The highest BCUT2D eigenvalue weighted by molar-refractivity contribution is 6.30. The standard InChI is InChI=1S/C22H16N2O2/c1-13-11-17-19(15-9-5-6-10-16(15)23-17)20-18(13)21(25)24(22(20)26)12-14-7-3-2-4-8-14/h2-11,23H,12H2,1H3. The van der Waals surface area contributed by atoms with Gasteiger partial charge >= 0.3 is 0 Å². The first-order valence-electron chi connectivity index (χ1n) is 8.59. The summed E-state index contributed by atoms with van der Waals surface area (Å²) in [7, 11) is 0. The van der Waals surface area contributed by atoms with Crippen LogP contribution in [-0.2, 0) is 6.54 Å². The van der Waals surface area contributed by atoms with Crippen LogP contribution in [0.25, 0.3) is 21.8 Å². The Balaban J connectivity index is 1.74. The summed E-state index contributed by atoms with van der Waals surface area (Å²) in [6.45, 7) is 2.18. The highest BCUT2D eigenvalue weighted by atomic mass is 16.2. The van der Waals surface area contributed by atoms with E-state index in [0.717, 1.165) is 32.9 Å². The fourth-order valence-corrected chi connectivity index (χ4v) is 3.91. The number of aromatic amines is 1. The molecule has 0 radical (unpaired) electrons. The molecule has 5 rings (SSSR count). The maximum atomic E-state index is 13.2. The van der Waals surface area contributed by atoms with Crippen LogP contribution in [0.3, 0.4) is 0 Å². The number of aryl methyl sites for hydroxylation is 1. The van der Waals surface area contributed by atoms with Crippen LogP contribution in [0.5, 0.6) is 0 Å². The number of hydrogen-bond donors (Lipinski definition) is 1. The number of H-pyrrole nitrogens is 1. The van der Waals surface area contributed by atoms with Crippen LogP contribution in [0.1, 0.15) is 31.8 Å². The molecule has 0 atom stereocenters. The molecule has 0 aliphatic carbocycles. The lowest BCUT2D eigenvalue weighted by Crippen LogP contribution is -2.29. The zero-order valence-corrected chi connectivity index (χ0v) is 14.2. The summed E-state index contributed by atoms with van der Waals surface area (Å²) in [5.41, 5.74) is 4.69. The van der Waals surface area contributed by atoms with E-state index in [1.807, 2.05) is 67.6 Å². The van der Waals surface area contributed by atoms with Crippen molar-refractivity contribution in [3.8, 4) is 0 Å². The van der Waals surface area contributed by atoms with Gasteiger partial charge in [0.05, 0.1) is 17.7 Å². The van der Waals surface area contributed by atoms with Crippen molar-refractivity contribution in [3.63, 3.8) is 0 Å². The first-order valence-corrected chi connectivity index (χ1v) is 8.59. The summed E-state index contributed by atoms with van der Waals surface area (Å²) in [5.74, 6) is -0.425. The summed E-state index contributed by atoms with van der Waals surface area (Å²) in [6.07, 6.45) is 0. The van der Waals surface area contributed by atoms with Crippen molar-refractivity contribution >= 4 is 33.6 Å². The third kappa shape index (κ3) is 1.96. The van der Waals surface area contributed by atoms with E-state index in [-0.39, 0.29) is 18.4 Å². The van der Waals surface area contributed by atoms with Gasteiger partial charge in [-0.25, -0.2) is 0 Å². The molecule has 1 aliphatic heterocycles. The predicted molar refractivity (Wildman–Crippen MR) is 101 cm³/mol. The molecule has 0 saturated carbocycles. The smallest absolute Gasteiger partial charge is 0.262 e. The quantitative estimate of drug-likeness (QED) is 0.549. The van der Waals surface area contributed by atoms with Crippen molar-refractivity contribution in [1.29, 1.82) is 0 Å². The van der Waals surface area contributed by atoms with E-state index in [0.29, 0.717) is 11.1 Å². The van der Waals surface area contributed by atoms with Gasteiger partial charge in [0, 0.05) is 21.8 Å². The normalized spacial score (nSPS) is 13.8. The number of para-hydroxylation sites is 1. The van der Waals surface area contributed by atoms with Crippen LogP contribution < -0.4 is 0 Å². The molecule has 1 N–H and O–H groups in total. The zero-order chi connectivity index (χ0) is 17.8. The number of rotatable bonds is 2. The van der Waals surface area contributed by atoms with E-state index in [9.17, 15) is 9.59 Å². The number of carbonyl (C=O) groups is 2. The average Bonchev–Trinajstić information content (AvgIpc) is 3.13. The van der Waals surface area contributed by atoms with Crippen LogP contribution in [0, 0.1) is 6.92 Å². The summed E-state index contributed by atoms with van der Waals surface area (Å²) in [5, 5.41) is 1.82. The minimum atomic E-state index is -0.215. The molecule has 2 heterocycles. The Bertz CT molecular complexity index is 1210. The lowest BCUT2D eigenvalue weighted by Gasteiger charge is -2.13. The van der Waals surface area contributed by atoms with Gasteiger partial charge in [-0.05, 0) is 30.2 Å². The third-order valence-electron chi connectivity index (χ3n) is 5.09. The van der Waals surface area contributed by atoms with Crippen molar-refractivity contribution in [3.05, 3.63) is 82.9 Å². The van der Waals surface area contributed by atoms with Crippen molar-refractivity contribution in [1.82, 2.24) is 9.88 Å². The Morgan fingerprint density at radius 1 is 0.846 bits per heavy atom. The van der Waals surface area contributed by atoms with Gasteiger partial charge in [0.25, 0.3) is 11.8 Å². The van der Waals surface area contributed by atoms with Crippen LogP contribution in [0.15, 0.2) is 60.7 Å². The predicted octanol–water partition coefficient (Wildman–Crippen LogP) is 4.43. The summed E-state index contributed by atoms with van der Waals surface area (Å²) in [6, 6.07) is 19.4. The van der Waals surface area contributed by atoms with Gasteiger partial charge in [-0.2, -0.15) is 0 Å². The monoisotopic (exact) mass is 340 g/mol. The van der Waals surface area contributed by atoms with E-state index in [1.54, 1.807) is 0 Å². The molecule has 0 fully saturated rings. The Labute approximate surface area is 150 Å². The van der Waals surface area contributed by atoms with Crippen LogP contribution in [0.4, 0.5) is 0 Å². The lowest BCUT2D eigenvalue weighted by molar-refractivity contribution is 0.0643. The number of nitrogens with zero attached hydrogens (tertiary/aromatic N) is 1. The zero-order valence-electron chi connectivity index (χ0n) is 14.2. The first kappa shape index (κ1) is 14.9. The highest BCUT2D eigenvalue weighted by Gasteiger charge is 2.39. The van der Waals surface area contributed by atoms with Gasteiger partial charge in [0.15, 0.2) is 0 Å². The molecule has 1 aliphatic rings. The molecule has 26 heavy (non-hydrogen) atoms. The number of imide groups is 1. The maximum Gasteiger partial charge on any atom is 0.262 e. The fourth-order valence-electron chi connectivity index (χ4n) is 3.91. The Kier molecular flexibility index (Phi) is 3.04. The average molecular weight is 340 g/mol. The van der Waals surface area contributed by atoms with Crippen molar-refractivity contribution in [2.45, 2.75) is 13.5 Å².